The minimum Gasteiger partial charge on any atom is -0.497 e. The highest BCUT2D eigenvalue weighted by Crippen LogP contribution is 2.23. The first-order chi connectivity index (χ1) is 14.2. The van der Waals surface area contributed by atoms with Crippen LogP contribution in [-0.4, -0.2) is 40.2 Å². The Kier molecular flexibility index (Phi) is 5.26. The van der Waals surface area contributed by atoms with Crippen molar-refractivity contribution in [1.82, 2.24) is 19.8 Å². The van der Waals surface area contributed by atoms with Gasteiger partial charge in [0.15, 0.2) is 17.3 Å². The number of ether oxygens (including phenoxy) is 2. The summed E-state index contributed by atoms with van der Waals surface area (Å²) in [6, 6.07) is 16.4. The summed E-state index contributed by atoms with van der Waals surface area (Å²) in [7, 11) is 3.20. The number of hydrogen-bond donors (Lipinski definition) is 1. The van der Waals surface area contributed by atoms with Crippen molar-refractivity contribution in [2.45, 2.75) is 0 Å². The van der Waals surface area contributed by atoms with Gasteiger partial charge in [-0.15, -0.1) is 15.3 Å². The Balaban J connectivity index is 1.58. The van der Waals surface area contributed by atoms with E-state index in [1.54, 1.807) is 49.2 Å². The molecule has 29 heavy (non-hydrogen) atoms. The maximum absolute atomic E-state index is 5.96. The number of methoxy groups -OCH3 is 2. The first-order valence-electron chi connectivity index (χ1n) is 8.67. The molecule has 0 saturated carbocycles. The molecular formula is C20H17ClN6O2. The number of hydrazone groups is 1. The highest BCUT2D eigenvalue weighted by molar-refractivity contribution is 6.30. The fourth-order valence-electron chi connectivity index (χ4n) is 2.72. The predicted molar refractivity (Wildman–Crippen MR) is 112 cm³/mol. The molecule has 0 aliphatic heterocycles. The van der Waals surface area contributed by atoms with Crippen molar-refractivity contribution in [3.63, 3.8) is 0 Å². The van der Waals surface area contributed by atoms with Crippen LogP contribution < -0.4 is 14.9 Å². The van der Waals surface area contributed by atoms with Gasteiger partial charge >= 0.3 is 0 Å². The molecule has 0 bridgehead atoms. The fraction of sp³-hybridized carbons (Fsp3) is 0.100. The van der Waals surface area contributed by atoms with Crippen molar-refractivity contribution >= 4 is 29.3 Å². The number of aromatic nitrogens is 4. The molecule has 1 N–H and O–H groups in total. The third-order valence-corrected chi connectivity index (χ3v) is 4.44. The summed E-state index contributed by atoms with van der Waals surface area (Å²) in [6.45, 7) is 0. The monoisotopic (exact) mass is 408 g/mol. The van der Waals surface area contributed by atoms with E-state index in [1.165, 1.54) is 0 Å². The second-order valence-electron chi connectivity index (χ2n) is 6.00. The Morgan fingerprint density at radius 3 is 2.59 bits per heavy atom. The summed E-state index contributed by atoms with van der Waals surface area (Å²) < 4.78 is 12.2. The van der Waals surface area contributed by atoms with E-state index in [4.69, 9.17) is 21.1 Å². The lowest BCUT2D eigenvalue weighted by Gasteiger charge is -2.07. The topological polar surface area (TPSA) is 85.9 Å². The first-order valence-corrected chi connectivity index (χ1v) is 9.05. The van der Waals surface area contributed by atoms with E-state index < -0.39 is 0 Å². The number of nitrogens with zero attached hydrogens (tertiary/aromatic N) is 5. The SMILES string of the molecule is COc1ccc(/C=N\Nc2ccc3nnc(-c4ccc(Cl)cc4)n3n2)c(OC)c1. The van der Waals surface area contributed by atoms with E-state index in [-0.39, 0.29) is 0 Å². The quantitative estimate of drug-likeness (QED) is 0.384. The molecule has 0 spiro atoms. The minimum absolute atomic E-state index is 0.538. The van der Waals surface area contributed by atoms with Gasteiger partial charge in [-0.05, 0) is 48.5 Å². The van der Waals surface area contributed by atoms with Gasteiger partial charge in [0, 0.05) is 22.2 Å². The van der Waals surface area contributed by atoms with E-state index in [1.807, 2.05) is 30.3 Å². The van der Waals surface area contributed by atoms with Crippen LogP contribution in [0.1, 0.15) is 5.56 Å². The summed E-state index contributed by atoms with van der Waals surface area (Å²) in [6.07, 6.45) is 1.65. The molecular weight excluding hydrogens is 392 g/mol. The van der Waals surface area contributed by atoms with Crippen molar-refractivity contribution in [2.75, 3.05) is 19.6 Å². The molecule has 0 atom stereocenters. The molecule has 0 aliphatic carbocycles. The lowest BCUT2D eigenvalue weighted by molar-refractivity contribution is 0.394. The second-order valence-corrected chi connectivity index (χ2v) is 6.43. The Labute approximate surface area is 171 Å². The van der Waals surface area contributed by atoms with E-state index in [2.05, 4.69) is 25.8 Å². The summed E-state index contributed by atoms with van der Waals surface area (Å²) in [4.78, 5) is 0. The first kappa shape index (κ1) is 18.7. The van der Waals surface area contributed by atoms with Crippen LogP contribution in [0.5, 0.6) is 11.5 Å². The summed E-state index contributed by atoms with van der Waals surface area (Å²) >= 11 is 5.96. The third-order valence-electron chi connectivity index (χ3n) is 4.19. The Hall–Kier alpha value is -3.65. The molecule has 0 saturated heterocycles. The van der Waals surface area contributed by atoms with Gasteiger partial charge < -0.3 is 9.47 Å². The summed E-state index contributed by atoms with van der Waals surface area (Å²) in [5.41, 5.74) is 5.20. The molecule has 4 rings (SSSR count). The average molecular weight is 409 g/mol. The molecule has 0 aliphatic rings. The van der Waals surface area contributed by atoms with Gasteiger partial charge in [-0.1, -0.05) is 11.6 Å². The molecule has 9 heteroatoms. The van der Waals surface area contributed by atoms with E-state index >= 15 is 0 Å². The number of benzene rings is 2. The largest absolute Gasteiger partial charge is 0.497 e. The average Bonchev–Trinajstić information content (AvgIpc) is 3.17. The highest BCUT2D eigenvalue weighted by Gasteiger charge is 2.10. The Morgan fingerprint density at radius 1 is 1.00 bits per heavy atom. The predicted octanol–water partition coefficient (Wildman–Crippen LogP) is 3.91. The van der Waals surface area contributed by atoms with Gasteiger partial charge in [0.1, 0.15) is 11.5 Å². The van der Waals surface area contributed by atoms with Crippen LogP contribution in [0.25, 0.3) is 17.0 Å². The van der Waals surface area contributed by atoms with Crippen LogP contribution in [-0.2, 0) is 0 Å². The van der Waals surface area contributed by atoms with Crippen molar-refractivity contribution < 1.29 is 9.47 Å². The van der Waals surface area contributed by atoms with Gasteiger partial charge in [-0.25, -0.2) is 0 Å². The van der Waals surface area contributed by atoms with Gasteiger partial charge in [-0.3, -0.25) is 5.43 Å². The van der Waals surface area contributed by atoms with Crippen molar-refractivity contribution in [3.05, 3.63) is 65.2 Å². The zero-order valence-electron chi connectivity index (χ0n) is 15.7. The molecule has 4 aromatic rings. The molecule has 2 aromatic heterocycles. The normalized spacial score (nSPS) is 11.1. The van der Waals surface area contributed by atoms with Gasteiger partial charge in [-0.2, -0.15) is 9.62 Å². The Morgan fingerprint density at radius 2 is 1.83 bits per heavy atom. The second kappa shape index (κ2) is 8.15. The molecule has 8 nitrogen and oxygen atoms in total. The number of fused-ring (bicyclic) bond motifs is 1. The lowest BCUT2D eigenvalue weighted by atomic mass is 10.2. The molecule has 0 fully saturated rings. The van der Waals surface area contributed by atoms with Crippen LogP contribution in [0.2, 0.25) is 5.02 Å². The fourth-order valence-corrected chi connectivity index (χ4v) is 2.85. The molecule has 146 valence electrons. The molecule has 0 radical (unpaired) electrons. The van der Waals surface area contributed by atoms with Crippen LogP contribution in [0.3, 0.4) is 0 Å². The van der Waals surface area contributed by atoms with E-state index in [0.29, 0.717) is 33.8 Å². The minimum atomic E-state index is 0.538. The molecule has 0 unspecified atom stereocenters. The Bertz CT molecular complexity index is 1170. The van der Waals surface area contributed by atoms with E-state index in [0.717, 1.165) is 11.1 Å². The van der Waals surface area contributed by atoms with Gasteiger partial charge in [0.25, 0.3) is 0 Å². The van der Waals surface area contributed by atoms with Crippen LogP contribution in [0, 0.1) is 0 Å². The summed E-state index contributed by atoms with van der Waals surface area (Å²) in [5.74, 6) is 2.51. The standard InChI is InChI=1S/C20H17ClN6O2/c1-28-16-8-5-14(17(11-16)29-2)12-22-23-18-9-10-19-24-25-20(27(19)26-18)13-3-6-15(21)7-4-13/h3-12H,1-2H3,(H,23,26)/b22-12-. The van der Waals surface area contributed by atoms with E-state index in [9.17, 15) is 0 Å². The smallest absolute Gasteiger partial charge is 0.185 e. The zero-order valence-corrected chi connectivity index (χ0v) is 16.5. The zero-order chi connectivity index (χ0) is 20.2. The molecule has 2 heterocycles. The van der Waals surface area contributed by atoms with Crippen molar-refractivity contribution in [2.24, 2.45) is 5.10 Å². The number of halogens is 1. The van der Waals surface area contributed by atoms with Crippen LogP contribution in [0.15, 0.2) is 59.7 Å². The number of rotatable bonds is 6. The maximum Gasteiger partial charge on any atom is 0.185 e. The number of hydrogen-bond acceptors (Lipinski definition) is 7. The van der Waals surface area contributed by atoms with Crippen LogP contribution in [0.4, 0.5) is 5.82 Å². The van der Waals surface area contributed by atoms with Gasteiger partial charge in [0.2, 0.25) is 0 Å². The molecule has 2 aromatic carbocycles. The lowest BCUT2D eigenvalue weighted by Crippen LogP contribution is -2.01. The van der Waals surface area contributed by atoms with Crippen molar-refractivity contribution in [3.8, 4) is 22.9 Å². The van der Waals surface area contributed by atoms with Gasteiger partial charge in [0.05, 0.1) is 20.4 Å². The number of nitrogens with one attached hydrogen (secondary N) is 1. The maximum atomic E-state index is 5.96. The third kappa shape index (κ3) is 3.97. The summed E-state index contributed by atoms with van der Waals surface area (Å²) in [5, 5.41) is 17.8. The highest BCUT2D eigenvalue weighted by atomic mass is 35.5. The van der Waals surface area contributed by atoms with Crippen molar-refractivity contribution in [1.29, 1.82) is 0 Å². The molecule has 0 amide bonds. The van der Waals surface area contributed by atoms with Crippen LogP contribution >= 0.6 is 11.6 Å². The number of anilines is 1.